The molecule has 1 aliphatic rings. The zero-order valence-corrected chi connectivity index (χ0v) is 8.03. The first-order valence-corrected chi connectivity index (χ1v) is 5.02. The number of piperidine rings is 1. The van der Waals surface area contributed by atoms with Gasteiger partial charge in [-0.15, -0.1) is 0 Å². The molecule has 1 heterocycles. The lowest BCUT2D eigenvalue weighted by molar-refractivity contribution is 0.404. The smallest absolute Gasteiger partial charge is 0.119 e. The van der Waals surface area contributed by atoms with Gasteiger partial charge in [0.05, 0.1) is 0 Å². The first-order chi connectivity index (χ1) is 6.75. The van der Waals surface area contributed by atoms with Gasteiger partial charge in [0.1, 0.15) is 11.5 Å². The molecule has 0 aliphatic carbocycles. The van der Waals surface area contributed by atoms with Gasteiger partial charge in [-0.3, -0.25) is 0 Å². The van der Waals surface area contributed by atoms with Crippen LogP contribution >= 0.6 is 0 Å². The lowest BCUT2D eigenvalue weighted by atomic mass is 9.97. The van der Waals surface area contributed by atoms with Crippen molar-refractivity contribution in [3.05, 3.63) is 23.8 Å². The molecule has 1 saturated heterocycles. The van der Waals surface area contributed by atoms with Gasteiger partial charge in [-0.05, 0) is 37.1 Å². The van der Waals surface area contributed by atoms with E-state index >= 15 is 0 Å². The SMILES string of the molecule is Oc1cc(O)cc([C@@H]2CCCCN2)c1. The maximum absolute atomic E-state index is 9.34. The molecule has 3 N–H and O–H groups in total. The summed E-state index contributed by atoms with van der Waals surface area (Å²) in [6.07, 6.45) is 3.48. The first-order valence-electron chi connectivity index (χ1n) is 5.02. The van der Waals surface area contributed by atoms with Gasteiger partial charge in [0, 0.05) is 12.1 Å². The fraction of sp³-hybridized carbons (Fsp3) is 0.455. The Balaban J connectivity index is 2.21. The summed E-state index contributed by atoms with van der Waals surface area (Å²) in [5, 5.41) is 22.0. The van der Waals surface area contributed by atoms with Gasteiger partial charge >= 0.3 is 0 Å². The zero-order valence-electron chi connectivity index (χ0n) is 8.03. The summed E-state index contributed by atoms with van der Waals surface area (Å²) in [6, 6.07) is 5.05. The van der Waals surface area contributed by atoms with Crippen molar-refractivity contribution < 1.29 is 10.2 Å². The van der Waals surface area contributed by atoms with Crippen molar-refractivity contribution in [3.63, 3.8) is 0 Å². The van der Waals surface area contributed by atoms with E-state index in [0.717, 1.165) is 18.5 Å². The van der Waals surface area contributed by atoms with Gasteiger partial charge in [-0.25, -0.2) is 0 Å². The number of hydrogen-bond acceptors (Lipinski definition) is 3. The molecular weight excluding hydrogens is 178 g/mol. The zero-order chi connectivity index (χ0) is 9.97. The normalized spacial score (nSPS) is 22.1. The van der Waals surface area contributed by atoms with Crippen LogP contribution in [0, 0.1) is 0 Å². The van der Waals surface area contributed by atoms with E-state index in [9.17, 15) is 10.2 Å². The number of rotatable bonds is 1. The van der Waals surface area contributed by atoms with Crippen molar-refractivity contribution in [3.8, 4) is 11.5 Å². The van der Waals surface area contributed by atoms with Crippen molar-refractivity contribution in [1.82, 2.24) is 5.32 Å². The molecule has 0 amide bonds. The number of phenolic OH excluding ortho intramolecular Hbond substituents is 2. The number of hydrogen-bond donors (Lipinski definition) is 3. The summed E-state index contributed by atoms with van der Waals surface area (Å²) in [5.41, 5.74) is 0.974. The van der Waals surface area contributed by atoms with Crippen LogP contribution in [-0.2, 0) is 0 Å². The Kier molecular flexibility index (Phi) is 2.59. The Morgan fingerprint density at radius 1 is 1.07 bits per heavy atom. The molecular formula is C11H15NO2. The largest absolute Gasteiger partial charge is 0.508 e. The van der Waals surface area contributed by atoms with Crippen molar-refractivity contribution in [1.29, 1.82) is 0 Å². The van der Waals surface area contributed by atoms with E-state index in [2.05, 4.69) is 5.32 Å². The number of benzene rings is 1. The number of nitrogens with one attached hydrogen (secondary N) is 1. The maximum atomic E-state index is 9.34. The van der Waals surface area contributed by atoms with Crippen LogP contribution in [0.1, 0.15) is 30.9 Å². The topological polar surface area (TPSA) is 52.5 Å². The lowest BCUT2D eigenvalue weighted by Gasteiger charge is -2.23. The van der Waals surface area contributed by atoms with Crippen LogP contribution in [0.4, 0.5) is 0 Å². The average molecular weight is 193 g/mol. The van der Waals surface area contributed by atoms with E-state index in [-0.39, 0.29) is 17.5 Å². The van der Waals surface area contributed by atoms with Crippen molar-refractivity contribution in [2.45, 2.75) is 25.3 Å². The van der Waals surface area contributed by atoms with Crippen LogP contribution in [0.2, 0.25) is 0 Å². The van der Waals surface area contributed by atoms with Crippen LogP contribution in [-0.4, -0.2) is 16.8 Å². The molecule has 2 rings (SSSR count). The summed E-state index contributed by atoms with van der Waals surface area (Å²) < 4.78 is 0. The molecule has 1 aliphatic heterocycles. The lowest BCUT2D eigenvalue weighted by Crippen LogP contribution is -2.26. The standard InChI is InChI=1S/C11H15NO2/c13-9-5-8(6-10(14)7-9)11-3-1-2-4-12-11/h5-7,11-14H,1-4H2/t11-/m0/s1. The third-order valence-corrected chi connectivity index (χ3v) is 2.64. The molecule has 1 atom stereocenters. The van der Waals surface area contributed by atoms with Crippen molar-refractivity contribution in [2.75, 3.05) is 6.54 Å². The van der Waals surface area contributed by atoms with Crippen LogP contribution in [0.5, 0.6) is 11.5 Å². The molecule has 3 heteroatoms. The highest BCUT2D eigenvalue weighted by Gasteiger charge is 2.15. The second-order valence-corrected chi connectivity index (χ2v) is 3.79. The van der Waals surface area contributed by atoms with E-state index in [1.165, 1.54) is 18.9 Å². The van der Waals surface area contributed by atoms with E-state index in [0.29, 0.717) is 0 Å². The van der Waals surface area contributed by atoms with Gasteiger partial charge in [0.2, 0.25) is 0 Å². The molecule has 0 aromatic heterocycles. The Bertz CT molecular complexity index is 299. The van der Waals surface area contributed by atoms with E-state index in [1.807, 2.05) is 0 Å². The molecule has 0 saturated carbocycles. The van der Waals surface area contributed by atoms with E-state index < -0.39 is 0 Å². The highest BCUT2D eigenvalue weighted by Crippen LogP contribution is 2.29. The molecule has 0 unspecified atom stereocenters. The minimum absolute atomic E-state index is 0.132. The van der Waals surface area contributed by atoms with Gasteiger partial charge in [-0.2, -0.15) is 0 Å². The first kappa shape index (κ1) is 9.34. The summed E-state index contributed by atoms with van der Waals surface area (Å²) in [4.78, 5) is 0. The van der Waals surface area contributed by atoms with Crippen LogP contribution in [0.15, 0.2) is 18.2 Å². The second kappa shape index (κ2) is 3.88. The minimum atomic E-state index is 0.132. The predicted molar refractivity (Wildman–Crippen MR) is 54.4 cm³/mol. The highest BCUT2D eigenvalue weighted by molar-refractivity contribution is 5.38. The Morgan fingerprint density at radius 3 is 2.36 bits per heavy atom. The summed E-state index contributed by atoms with van der Waals surface area (Å²) >= 11 is 0. The van der Waals surface area contributed by atoms with Crippen molar-refractivity contribution >= 4 is 0 Å². The fourth-order valence-electron chi connectivity index (χ4n) is 1.96. The van der Waals surface area contributed by atoms with Gasteiger partial charge in [-0.1, -0.05) is 6.42 Å². The Morgan fingerprint density at radius 2 is 1.79 bits per heavy atom. The molecule has 1 aromatic rings. The van der Waals surface area contributed by atoms with Crippen LogP contribution < -0.4 is 5.32 Å². The van der Waals surface area contributed by atoms with Crippen molar-refractivity contribution in [2.24, 2.45) is 0 Å². The minimum Gasteiger partial charge on any atom is -0.508 e. The molecule has 0 radical (unpaired) electrons. The van der Waals surface area contributed by atoms with E-state index in [1.54, 1.807) is 12.1 Å². The monoisotopic (exact) mass is 193 g/mol. The van der Waals surface area contributed by atoms with E-state index in [4.69, 9.17) is 0 Å². The number of aromatic hydroxyl groups is 2. The molecule has 0 bridgehead atoms. The second-order valence-electron chi connectivity index (χ2n) is 3.79. The quantitative estimate of drug-likeness (QED) is 0.638. The number of phenols is 2. The highest BCUT2D eigenvalue weighted by atomic mass is 16.3. The average Bonchev–Trinajstić information content (AvgIpc) is 2.18. The molecule has 3 nitrogen and oxygen atoms in total. The van der Waals surface area contributed by atoms with Crippen LogP contribution in [0.25, 0.3) is 0 Å². The van der Waals surface area contributed by atoms with Gasteiger partial charge in [0.15, 0.2) is 0 Å². The van der Waals surface area contributed by atoms with Crippen LogP contribution in [0.3, 0.4) is 0 Å². The molecule has 14 heavy (non-hydrogen) atoms. The fourth-order valence-corrected chi connectivity index (χ4v) is 1.96. The molecule has 76 valence electrons. The van der Waals surface area contributed by atoms with Gasteiger partial charge in [0.25, 0.3) is 0 Å². The maximum Gasteiger partial charge on any atom is 0.119 e. The Hall–Kier alpha value is -1.22. The van der Waals surface area contributed by atoms with Gasteiger partial charge < -0.3 is 15.5 Å². The predicted octanol–water partition coefficient (Wildman–Crippen LogP) is 1.91. The summed E-state index contributed by atoms with van der Waals surface area (Å²) in [6.45, 7) is 1.01. The molecule has 1 aromatic carbocycles. The summed E-state index contributed by atoms with van der Waals surface area (Å²) in [7, 11) is 0. The third-order valence-electron chi connectivity index (χ3n) is 2.64. The summed E-state index contributed by atoms with van der Waals surface area (Å²) in [5.74, 6) is 0.264. The Labute approximate surface area is 83.4 Å². The third kappa shape index (κ3) is 1.99. The molecule has 1 fully saturated rings. The molecule has 0 spiro atoms.